The van der Waals surface area contributed by atoms with Gasteiger partial charge in [-0.3, -0.25) is 4.79 Å². The van der Waals surface area contributed by atoms with Gasteiger partial charge in [0.15, 0.2) is 11.8 Å². The van der Waals surface area contributed by atoms with E-state index in [1.54, 1.807) is 12.2 Å². The molecule has 38 heavy (non-hydrogen) atoms. The molecule has 1 amide bonds. The minimum absolute atomic E-state index is 0.0782. The maximum Gasteiger partial charge on any atom is 0.328 e. The third kappa shape index (κ3) is 6.98. The topological polar surface area (TPSA) is 107 Å². The van der Waals surface area contributed by atoms with Crippen LogP contribution in [-0.2, 0) is 33.9 Å². The van der Waals surface area contributed by atoms with Gasteiger partial charge in [-0.15, -0.1) is 0 Å². The number of allylic oxidation sites excluding steroid dienone is 3. The number of carboxylic acid groups (broad SMARTS) is 1. The molecule has 0 bridgehead atoms. The first kappa shape index (κ1) is 26.9. The number of rotatable bonds is 14. The number of carbonyl (C=O) groups excluding carboxylic acids is 1. The summed E-state index contributed by atoms with van der Waals surface area (Å²) >= 11 is 0. The summed E-state index contributed by atoms with van der Waals surface area (Å²) in [6.07, 6.45) is 10.1. The first-order valence-electron chi connectivity index (χ1n) is 12.9. The van der Waals surface area contributed by atoms with Crippen molar-refractivity contribution in [2.75, 3.05) is 6.61 Å². The number of aryl methyl sites for hydroxylation is 2. The second-order valence-electron chi connectivity index (χ2n) is 9.08. The molecule has 4 rings (SSSR count). The van der Waals surface area contributed by atoms with Crippen LogP contribution in [-0.4, -0.2) is 39.4 Å². The molecule has 1 atom stereocenters. The minimum Gasteiger partial charge on any atom is -0.480 e. The van der Waals surface area contributed by atoms with E-state index >= 15 is 0 Å². The summed E-state index contributed by atoms with van der Waals surface area (Å²) in [5.41, 5.74) is 3.38. The third-order valence-corrected chi connectivity index (χ3v) is 6.30. The molecule has 2 N–H and O–H groups in total. The zero-order valence-corrected chi connectivity index (χ0v) is 21.5. The van der Waals surface area contributed by atoms with Crippen LogP contribution in [0.4, 0.5) is 0 Å². The van der Waals surface area contributed by atoms with Crippen LogP contribution in [0.5, 0.6) is 0 Å². The molecule has 0 aliphatic rings. The van der Waals surface area contributed by atoms with Crippen molar-refractivity contribution in [1.29, 1.82) is 0 Å². The standard InChI is InChI=1S/C30H33N3O5/c1-2-3-5-17-29(34)31-26(30(35)36)21-37-20-23-19-22(32-38-23)12-6-4-11-18-33-27-15-9-7-13-24(27)25-14-8-10-16-28(25)33/h2-3,5,7-10,13-17,19,26H,4,6,11-12,18,20-21H2,1H3,(H,31,34)(H,35,36)/b3-2+,17-5+/t26-/m0/s1. The van der Waals surface area contributed by atoms with Gasteiger partial charge in [-0.1, -0.05) is 66.2 Å². The van der Waals surface area contributed by atoms with Crippen molar-refractivity contribution in [2.45, 2.75) is 51.8 Å². The Labute approximate surface area is 221 Å². The Morgan fingerprint density at radius 2 is 1.76 bits per heavy atom. The normalized spacial score (nSPS) is 12.7. The van der Waals surface area contributed by atoms with E-state index in [2.05, 4.69) is 63.6 Å². The van der Waals surface area contributed by atoms with Gasteiger partial charge < -0.3 is 24.3 Å². The summed E-state index contributed by atoms with van der Waals surface area (Å²) < 4.78 is 13.2. The number of aromatic nitrogens is 2. The second-order valence-corrected chi connectivity index (χ2v) is 9.08. The first-order valence-corrected chi connectivity index (χ1v) is 12.9. The maximum atomic E-state index is 11.8. The van der Waals surface area contributed by atoms with Gasteiger partial charge in [-0.25, -0.2) is 4.79 Å². The van der Waals surface area contributed by atoms with Gasteiger partial charge in [0.05, 0.1) is 12.3 Å². The zero-order valence-electron chi connectivity index (χ0n) is 21.5. The smallest absolute Gasteiger partial charge is 0.328 e. The molecule has 2 aromatic heterocycles. The van der Waals surface area contributed by atoms with Gasteiger partial charge in [-0.2, -0.15) is 0 Å². The van der Waals surface area contributed by atoms with Crippen molar-refractivity contribution >= 4 is 33.7 Å². The molecule has 8 nitrogen and oxygen atoms in total. The van der Waals surface area contributed by atoms with Gasteiger partial charge in [0, 0.05) is 40.5 Å². The fraction of sp³-hybridized carbons (Fsp3) is 0.300. The average molecular weight is 516 g/mol. The number of amides is 1. The number of carbonyl (C=O) groups is 2. The van der Waals surface area contributed by atoms with Crippen LogP contribution >= 0.6 is 0 Å². The highest BCUT2D eigenvalue weighted by Crippen LogP contribution is 2.29. The van der Waals surface area contributed by atoms with Gasteiger partial charge in [0.1, 0.15) is 6.61 Å². The van der Waals surface area contributed by atoms with E-state index in [1.807, 2.05) is 13.0 Å². The number of unbranched alkanes of at least 4 members (excludes halogenated alkanes) is 2. The molecule has 0 aliphatic heterocycles. The lowest BCUT2D eigenvalue weighted by Gasteiger charge is -2.12. The quantitative estimate of drug-likeness (QED) is 0.132. The van der Waals surface area contributed by atoms with Crippen LogP contribution in [0.2, 0.25) is 0 Å². The summed E-state index contributed by atoms with van der Waals surface area (Å²) in [7, 11) is 0. The van der Waals surface area contributed by atoms with Gasteiger partial charge in [-0.05, 0) is 38.3 Å². The van der Waals surface area contributed by atoms with E-state index in [0.717, 1.165) is 37.9 Å². The maximum absolute atomic E-state index is 11.8. The molecule has 0 radical (unpaired) electrons. The predicted molar refractivity (Wildman–Crippen MR) is 147 cm³/mol. The minimum atomic E-state index is -1.17. The highest BCUT2D eigenvalue weighted by atomic mass is 16.5. The Balaban J connectivity index is 1.20. The zero-order chi connectivity index (χ0) is 26.7. The van der Waals surface area contributed by atoms with Crippen molar-refractivity contribution in [3.63, 3.8) is 0 Å². The summed E-state index contributed by atoms with van der Waals surface area (Å²) in [4.78, 5) is 23.2. The SMILES string of the molecule is C/C=C/C=C/C(=O)N[C@@H](COCc1cc(CCCCCn2c3ccccc3c3ccccc32)no1)C(=O)O. The van der Waals surface area contributed by atoms with Crippen molar-refractivity contribution in [1.82, 2.24) is 15.0 Å². The molecule has 0 spiro atoms. The number of carboxylic acids is 1. The van der Waals surface area contributed by atoms with E-state index in [9.17, 15) is 14.7 Å². The van der Waals surface area contributed by atoms with Crippen molar-refractivity contribution in [2.24, 2.45) is 0 Å². The van der Waals surface area contributed by atoms with Gasteiger partial charge in [0.25, 0.3) is 0 Å². The molecule has 8 heteroatoms. The number of hydrogen-bond acceptors (Lipinski definition) is 5. The number of nitrogens with zero attached hydrogens (tertiary/aromatic N) is 2. The van der Waals surface area contributed by atoms with Crippen LogP contribution in [0.1, 0.15) is 37.6 Å². The number of fused-ring (bicyclic) bond motifs is 3. The molecule has 0 saturated carbocycles. The molecule has 0 saturated heterocycles. The Morgan fingerprint density at radius 1 is 1.05 bits per heavy atom. The first-order chi connectivity index (χ1) is 18.6. The van der Waals surface area contributed by atoms with Crippen LogP contribution in [0.3, 0.4) is 0 Å². The van der Waals surface area contributed by atoms with Crippen molar-refractivity contribution in [3.8, 4) is 0 Å². The lowest BCUT2D eigenvalue weighted by atomic mass is 10.1. The summed E-state index contributed by atoms with van der Waals surface area (Å²) in [5, 5.41) is 18.4. The number of aliphatic carboxylic acids is 1. The Bertz CT molecular complexity index is 1380. The van der Waals surface area contributed by atoms with Gasteiger partial charge in [0.2, 0.25) is 5.91 Å². The lowest BCUT2D eigenvalue weighted by Crippen LogP contribution is -2.43. The van der Waals surface area contributed by atoms with Crippen molar-refractivity contribution in [3.05, 3.63) is 90.4 Å². The number of hydrogen-bond donors (Lipinski definition) is 2. The molecule has 4 aromatic rings. The predicted octanol–water partition coefficient (Wildman–Crippen LogP) is 5.41. The highest BCUT2D eigenvalue weighted by molar-refractivity contribution is 6.07. The van der Waals surface area contributed by atoms with Crippen molar-refractivity contribution < 1.29 is 24.0 Å². The van der Waals surface area contributed by atoms with E-state index in [1.165, 1.54) is 34.0 Å². The van der Waals surface area contributed by atoms with E-state index in [0.29, 0.717) is 5.76 Å². The largest absolute Gasteiger partial charge is 0.480 e. The van der Waals surface area contributed by atoms with Crippen LogP contribution in [0, 0.1) is 0 Å². The molecule has 2 heterocycles. The molecule has 0 fully saturated rings. The van der Waals surface area contributed by atoms with E-state index < -0.39 is 17.9 Å². The molecular formula is C30H33N3O5. The monoisotopic (exact) mass is 515 g/mol. The third-order valence-electron chi connectivity index (χ3n) is 6.30. The summed E-state index contributed by atoms with van der Waals surface area (Å²) in [6.45, 7) is 2.67. The number of para-hydroxylation sites is 2. The average Bonchev–Trinajstić information content (AvgIpc) is 3.50. The summed E-state index contributed by atoms with van der Waals surface area (Å²) in [6, 6.07) is 17.8. The molecule has 0 aliphatic carbocycles. The van der Waals surface area contributed by atoms with E-state index in [4.69, 9.17) is 9.26 Å². The number of nitrogens with one attached hydrogen (secondary N) is 1. The lowest BCUT2D eigenvalue weighted by molar-refractivity contribution is -0.143. The highest BCUT2D eigenvalue weighted by Gasteiger charge is 2.19. The fourth-order valence-electron chi connectivity index (χ4n) is 4.46. The molecule has 198 valence electrons. The van der Waals surface area contributed by atoms with Crippen LogP contribution in [0.25, 0.3) is 21.8 Å². The number of ether oxygens (including phenoxy) is 1. The Morgan fingerprint density at radius 3 is 2.45 bits per heavy atom. The van der Waals surface area contributed by atoms with Crippen LogP contribution in [0.15, 0.2) is 83.4 Å². The van der Waals surface area contributed by atoms with Crippen LogP contribution < -0.4 is 5.32 Å². The fourth-order valence-corrected chi connectivity index (χ4v) is 4.46. The van der Waals surface area contributed by atoms with E-state index in [-0.39, 0.29) is 13.2 Å². The number of benzene rings is 2. The Kier molecular flexibility index (Phi) is 9.48. The second kappa shape index (κ2) is 13.4. The molecular weight excluding hydrogens is 482 g/mol. The van der Waals surface area contributed by atoms with Gasteiger partial charge >= 0.3 is 5.97 Å². The molecule has 0 unspecified atom stereocenters. The Hall–Kier alpha value is -4.17. The summed E-state index contributed by atoms with van der Waals surface area (Å²) in [5.74, 6) is -1.15. The molecule has 2 aromatic carbocycles.